The Labute approximate surface area is 146 Å². The van der Waals surface area contributed by atoms with Gasteiger partial charge in [0, 0.05) is 37.6 Å². The Kier molecular flexibility index (Phi) is 5.16. The van der Waals surface area contributed by atoms with E-state index in [-0.39, 0.29) is 23.5 Å². The summed E-state index contributed by atoms with van der Waals surface area (Å²) in [6.07, 6.45) is 5.01. The molecule has 1 aromatic carbocycles. The average molecular weight is 343 g/mol. The van der Waals surface area contributed by atoms with Crippen LogP contribution in [0.25, 0.3) is 11.1 Å². The molecule has 1 aliphatic rings. The molecule has 0 saturated carbocycles. The van der Waals surface area contributed by atoms with Crippen molar-refractivity contribution < 1.29 is 14.0 Å². The van der Waals surface area contributed by atoms with E-state index in [9.17, 15) is 14.0 Å². The second kappa shape index (κ2) is 7.51. The molecule has 1 aliphatic heterocycles. The molecule has 3 rings (SSSR count). The standard InChI is InChI=1S/C19H22FN3O2/c1-2-22-18(24)14-4-3-9-23(12-14)19(25)17-11-21-10-16(17)13-5-7-15(20)8-6-13/h5-8,10-11,14,21H,2-4,9,12H2,1H3,(H,22,24). The number of likely N-dealkylation sites (tertiary alicyclic amines) is 1. The minimum Gasteiger partial charge on any atom is -0.366 e. The second-order valence-corrected chi connectivity index (χ2v) is 6.27. The fourth-order valence-corrected chi connectivity index (χ4v) is 3.27. The number of H-pyrrole nitrogens is 1. The summed E-state index contributed by atoms with van der Waals surface area (Å²) in [5.74, 6) is -0.568. The highest BCUT2D eigenvalue weighted by molar-refractivity contribution is 6.01. The number of piperidine rings is 1. The Morgan fingerprint density at radius 1 is 1.28 bits per heavy atom. The van der Waals surface area contributed by atoms with Crippen LogP contribution in [0.4, 0.5) is 4.39 Å². The largest absolute Gasteiger partial charge is 0.366 e. The zero-order valence-corrected chi connectivity index (χ0v) is 14.2. The van der Waals surface area contributed by atoms with E-state index in [0.29, 0.717) is 25.2 Å². The smallest absolute Gasteiger partial charge is 0.256 e. The number of carbonyl (C=O) groups excluding carboxylic acids is 2. The van der Waals surface area contributed by atoms with Gasteiger partial charge in [0.15, 0.2) is 0 Å². The molecule has 2 N–H and O–H groups in total. The molecule has 0 bridgehead atoms. The summed E-state index contributed by atoms with van der Waals surface area (Å²) in [4.78, 5) is 29.7. The van der Waals surface area contributed by atoms with Gasteiger partial charge < -0.3 is 15.2 Å². The van der Waals surface area contributed by atoms with E-state index in [1.807, 2.05) is 6.92 Å². The third-order valence-electron chi connectivity index (χ3n) is 4.56. The van der Waals surface area contributed by atoms with Gasteiger partial charge in [0.1, 0.15) is 5.82 Å². The Morgan fingerprint density at radius 3 is 2.76 bits per heavy atom. The summed E-state index contributed by atoms with van der Waals surface area (Å²) < 4.78 is 13.1. The van der Waals surface area contributed by atoms with Gasteiger partial charge in [0.2, 0.25) is 5.91 Å². The van der Waals surface area contributed by atoms with Crippen LogP contribution in [0.5, 0.6) is 0 Å². The van der Waals surface area contributed by atoms with Crippen molar-refractivity contribution in [3.05, 3.63) is 48.0 Å². The van der Waals surface area contributed by atoms with Gasteiger partial charge in [-0.3, -0.25) is 9.59 Å². The zero-order valence-electron chi connectivity index (χ0n) is 14.2. The molecule has 1 fully saturated rings. The van der Waals surface area contributed by atoms with Crippen LogP contribution in [0.1, 0.15) is 30.1 Å². The van der Waals surface area contributed by atoms with Crippen molar-refractivity contribution in [1.29, 1.82) is 0 Å². The molecule has 0 spiro atoms. The number of aromatic nitrogens is 1. The normalized spacial score (nSPS) is 17.4. The van der Waals surface area contributed by atoms with Crippen molar-refractivity contribution in [2.24, 2.45) is 5.92 Å². The number of hydrogen-bond acceptors (Lipinski definition) is 2. The number of benzene rings is 1. The van der Waals surface area contributed by atoms with E-state index in [1.54, 1.807) is 29.4 Å². The SMILES string of the molecule is CCNC(=O)C1CCCN(C(=O)c2c[nH]cc2-c2ccc(F)cc2)C1. The Morgan fingerprint density at radius 2 is 2.04 bits per heavy atom. The number of halogens is 1. The number of aromatic amines is 1. The van der Waals surface area contributed by atoms with E-state index < -0.39 is 0 Å². The van der Waals surface area contributed by atoms with Crippen LogP contribution in [0.2, 0.25) is 0 Å². The van der Waals surface area contributed by atoms with Crippen LogP contribution in [-0.2, 0) is 4.79 Å². The zero-order chi connectivity index (χ0) is 17.8. The van der Waals surface area contributed by atoms with Crippen LogP contribution < -0.4 is 5.32 Å². The van der Waals surface area contributed by atoms with Gasteiger partial charge in [0.25, 0.3) is 5.91 Å². The van der Waals surface area contributed by atoms with Crippen LogP contribution in [-0.4, -0.2) is 41.3 Å². The summed E-state index contributed by atoms with van der Waals surface area (Å²) >= 11 is 0. The van der Waals surface area contributed by atoms with Crippen LogP contribution in [0.15, 0.2) is 36.7 Å². The molecule has 2 amide bonds. The summed E-state index contributed by atoms with van der Waals surface area (Å²) in [6, 6.07) is 6.07. The van der Waals surface area contributed by atoms with Gasteiger partial charge in [-0.2, -0.15) is 0 Å². The molecule has 0 aliphatic carbocycles. The minimum atomic E-state index is -0.312. The first-order valence-electron chi connectivity index (χ1n) is 8.60. The van der Waals surface area contributed by atoms with Crippen molar-refractivity contribution in [3.8, 4) is 11.1 Å². The first kappa shape index (κ1) is 17.2. The molecule has 25 heavy (non-hydrogen) atoms. The third-order valence-corrected chi connectivity index (χ3v) is 4.56. The number of nitrogens with zero attached hydrogens (tertiary/aromatic N) is 1. The van der Waals surface area contributed by atoms with Crippen molar-refractivity contribution in [2.45, 2.75) is 19.8 Å². The third kappa shape index (κ3) is 3.73. The summed E-state index contributed by atoms with van der Waals surface area (Å²) in [5, 5.41) is 2.83. The summed E-state index contributed by atoms with van der Waals surface area (Å²) in [6.45, 7) is 3.55. The molecule has 5 nitrogen and oxygen atoms in total. The van der Waals surface area contributed by atoms with Gasteiger partial charge in [-0.05, 0) is 37.5 Å². The minimum absolute atomic E-state index is 0.00725. The molecule has 6 heteroatoms. The fraction of sp³-hybridized carbons (Fsp3) is 0.368. The molecule has 1 atom stereocenters. The van der Waals surface area contributed by atoms with Crippen LogP contribution >= 0.6 is 0 Å². The summed E-state index contributed by atoms with van der Waals surface area (Å²) in [5.41, 5.74) is 2.07. The molecule has 2 aromatic rings. The predicted octanol–water partition coefficient (Wildman–Crippen LogP) is 2.81. The van der Waals surface area contributed by atoms with Gasteiger partial charge >= 0.3 is 0 Å². The quantitative estimate of drug-likeness (QED) is 0.896. The number of amides is 2. The number of rotatable bonds is 4. The maximum atomic E-state index is 13.1. The first-order chi connectivity index (χ1) is 12.1. The lowest BCUT2D eigenvalue weighted by Crippen LogP contribution is -2.45. The van der Waals surface area contributed by atoms with Crippen LogP contribution in [0.3, 0.4) is 0 Å². The Hall–Kier alpha value is -2.63. The second-order valence-electron chi connectivity index (χ2n) is 6.27. The molecule has 1 unspecified atom stereocenters. The maximum Gasteiger partial charge on any atom is 0.256 e. The number of nitrogens with one attached hydrogen (secondary N) is 2. The lowest BCUT2D eigenvalue weighted by molar-refractivity contribution is -0.126. The highest BCUT2D eigenvalue weighted by Gasteiger charge is 2.29. The Balaban J connectivity index is 1.78. The van der Waals surface area contributed by atoms with E-state index >= 15 is 0 Å². The molecule has 1 saturated heterocycles. The van der Waals surface area contributed by atoms with E-state index in [0.717, 1.165) is 24.0 Å². The number of carbonyl (C=O) groups is 2. The van der Waals surface area contributed by atoms with Gasteiger partial charge in [-0.1, -0.05) is 12.1 Å². The highest BCUT2D eigenvalue weighted by Crippen LogP contribution is 2.27. The molecular weight excluding hydrogens is 321 g/mol. The maximum absolute atomic E-state index is 13.1. The van der Waals surface area contributed by atoms with E-state index in [2.05, 4.69) is 10.3 Å². The predicted molar refractivity (Wildman–Crippen MR) is 93.5 cm³/mol. The van der Waals surface area contributed by atoms with Gasteiger partial charge in [-0.25, -0.2) is 4.39 Å². The van der Waals surface area contributed by atoms with E-state index in [1.165, 1.54) is 12.1 Å². The molecule has 132 valence electrons. The average Bonchev–Trinajstić information content (AvgIpc) is 3.11. The molecular formula is C19H22FN3O2. The van der Waals surface area contributed by atoms with Crippen molar-refractivity contribution >= 4 is 11.8 Å². The Bertz CT molecular complexity index is 754. The lowest BCUT2D eigenvalue weighted by Gasteiger charge is -2.32. The first-order valence-corrected chi connectivity index (χ1v) is 8.60. The topological polar surface area (TPSA) is 65.2 Å². The number of hydrogen-bond donors (Lipinski definition) is 2. The fourth-order valence-electron chi connectivity index (χ4n) is 3.27. The molecule has 0 radical (unpaired) electrons. The monoisotopic (exact) mass is 343 g/mol. The van der Waals surface area contributed by atoms with Crippen molar-refractivity contribution in [3.63, 3.8) is 0 Å². The van der Waals surface area contributed by atoms with E-state index in [4.69, 9.17) is 0 Å². The summed E-state index contributed by atoms with van der Waals surface area (Å²) in [7, 11) is 0. The lowest BCUT2D eigenvalue weighted by atomic mass is 9.96. The van der Waals surface area contributed by atoms with Gasteiger partial charge in [0.05, 0.1) is 11.5 Å². The highest BCUT2D eigenvalue weighted by atomic mass is 19.1. The van der Waals surface area contributed by atoms with Crippen molar-refractivity contribution in [1.82, 2.24) is 15.2 Å². The van der Waals surface area contributed by atoms with Crippen molar-refractivity contribution in [2.75, 3.05) is 19.6 Å². The molecule has 2 heterocycles. The molecule has 1 aromatic heterocycles. The van der Waals surface area contributed by atoms with Gasteiger partial charge in [-0.15, -0.1) is 0 Å². The van der Waals surface area contributed by atoms with Crippen LogP contribution in [0, 0.1) is 11.7 Å².